The van der Waals surface area contributed by atoms with Crippen molar-refractivity contribution in [3.8, 4) is 0 Å². The zero-order chi connectivity index (χ0) is 25.0. The minimum Gasteiger partial charge on any atom is -0.404 e. The number of nitrogens with zero attached hydrogens (tertiary/aromatic N) is 5. The van der Waals surface area contributed by atoms with Crippen LogP contribution in [0.25, 0.3) is 0 Å². The second-order valence-corrected chi connectivity index (χ2v) is 10.5. The van der Waals surface area contributed by atoms with Crippen molar-refractivity contribution in [2.75, 3.05) is 39.1 Å². The monoisotopic (exact) mass is 467 g/mol. The predicted octanol–water partition coefficient (Wildman–Crippen LogP) is 3.83. The van der Waals surface area contributed by atoms with Crippen molar-refractivity contribution in [1.29, 1.82) is 0 Å². The van der Waals surface area contributed by atoms with E-state index in [1.807, 2.05) is 6.08 Å². The van der Waals surface area contributed by atoms with E-state index >= 15 is 0 Å². The van der Waals surface area contributed by atoms with Crippen LogP contribution >= 0.6 is 0 Å². The van der Waals surface area contributed by atoms with Crippen LogP contribution in [0.2, 0.25) is 0 Å². The first-order valence-electron chi connectivity index (χ1n) is 12.7. The smallest absolute Gasteiger partial charge is 0.225 e. The highest BCUT2D eigenvalue weighted by atomic mass is 15.3. The third-order valence-corrected chi connectivity index (χ3v) is 7.22. The minimum atomic E-state index is 0.382. The van der Waals surface area contributed by atoms with Crippen molar-refractivity contribution >= 4 is 5.95 Å². The van der Waals surface area contributed by atoms with Gasteiger partial charge in [-0.3, -0.25) is 0 Å². The van der Waals surface area contributed by atoms with E-state index in [1.54, 1.807) is 6.20 Å². The fraction of sp³-hybridized carbons (Fsp3) is 0.630. The Hall–Kier alpha value is -2.70. The number of rotatable bonds is 8. The molecule has 1 saturated carbocycles. The van der Waals surface area contributed by atoms with Gasteiger partial charge in [-0.05, 0) is 75.5 Å². The Labute approximate surface area is 206 Å². The van der Waals surface area contributed by atoms with Gasteiger partial charge in [0.2, 0.25) is 5.95 Å². The lowest BCUT2D eigenvalue weighted by Gasteiger charge is -2.38. The van der Waals surface area contributed by atoms with Crippen LogP contribution in [0.3, 0.4) is 0 Å². The Kier molecular flexibility index (Phi) is 8.50. The molecule has 1 aliphatic heterocycles. The zero-order valence-corrected chi connectivity index (χ0v) is 22.4. The molecule has 7 heteroatoms. The molecule has 0 atom stereocenters. The van der Waals surface area contributed by atoms with Crippen LogP contribution in [-0.4, -0.2) is 60.0 Å². The molecule has 0 amide bonds. The third kappa shape index (κ3) is 5.86. The van der Waals surface area contributed by atoms with E-state index in [0.29, 0.717) is 12.0 Å². The average molecular weight is 468 g/mol. The summed E-state index contributed by atoms with van der Waals surface area (Å²) in [5.74, 6) is 2.23. The van der Waals surface area contributed by atoms with Crippen LogP contribution in [0.5, 0.6) is 0 Å². The van der Waals surface area contributed by atoms with E-state index in [2.05, 4.69) is 63.5 Å². The average Bonchev–Trinajstić information content (AvgIpc) is 2.76. The van der Waals surface area contributed by atoms with Crippen LogP contribution in [0, 0.1) is 19.8 Å². The molecule has 4 N–H and O–H groups in total. The standard InChI is InChI=1S/C27H45N7/c1-18(2)15-24-19(3)30-27(31-20(24)4)34-13-11-23(12-14-34)33(7)25(29)16-22(17-28)26(32(5)6)21-9-8-10-21/h16-18,23H,8-15,28-29H2,1-7H3/b22-17+,25-16+. The molecule has 3 rings (SSSR count). The van der Waals surface area contributed by atoms with Crippen LogP contribution in [0.15, 0.2) is 34.9 Å². The van der Waals surface area contributed by atoms with Gasteiger partial charge in [-0.25, -0.2) is 9.97 Å². The normalized spacial score (nSPS) is 17.8. The molecule has 1 aromatic rings. The number of likely N-dealkylation sites (N-methyl/N-ethyl adjacent to an activating group) is 1. The summed E-state index contributed by atoms with van der Waals surface area (Å²) < 4.78 is 0. The largest absolute Gasteiger partial charge is 0.404 e. The van der Waals surface area contributed by atoms with E-state index in [-0.39, 0.29) is 0 Å². The van der Waals surface area contributed by atoms with Crippen molar-refractivity contribution in [3.05, 3.63) is 51.9 Å². The molecule has 0 bridgehead atoms. The van der Waals surface area contributed by atoms with Crippen molar-refractivity contribution in [1.82, 2.24) is 19.8 Å². The Balaban J connectivity index is 1.67. The van der Waals surface area contributed by atoms with Gasteiger partial charge < -0.3 is 26.2 Å². The summed E-state index contributed by atoms with van der Waals surface area (Å²) in [5, 5.41) is 0. The molecule has 1 aliphatic carbocycles. The maximum Gasteiger partial charge on any atom is 0.225 e. The SMILES string of the molecule is Cc1nc(N2CCC(N(C)/C(N)=C/C(=C\N)C(=C3CCC3)N(C)C)CC2)nc(C)c1CC(C)C. The van der Waals surface area contributed by atoms with Crippen LogP contribution in [0.4, 0.5) is 5.95 Å². The lowest BCUT2D eigenvalue weighted by Crippen LogP contribution is -2.45. The summed E-state index contributed by atoms with van der Waals surface area (Å²) in [6, 6.07) is 0.382. The van der Waals surface area contributed by atoms with Gasteiger partial charge in [-0.15, -0.1) is 0 Å². The van der Waals surface area contributed by atoms with Crippen LogP contribution in [-0.2, 0) is 6.42 Å². The van der Waals surface area contributed by atoms with Gasteiger partial charge in [-0.2, -0.15) is 0 Å². The highest BCUT2D eigenvalue weighted by Gasteiger charge is 2.26. The number of allylic oxidation sites excluding steroid dienone is 2. The minimum absolute atomic E-state index is 0.382. The molecule has 34 heavy (non-hydrogen) atoms. The summed E-state index contributed by atoms with van der Waals surface area (Å²) in [6.07, 6.45) is 10.3. The number of piperidine rings is 1. The summed E-state index contributed by atoms with van der Waals surface area (Å²) >= 11 is 0. The molecule has 0 aromatic carbocycles. The summed E-state index contributed by atoms with van der Waals surface area (Å²) in [4.78, 5) is 16.4. The molecule has 7 nitrogen and oxygen atoms in total. The van der Waals surface area contributed by atoms with Gasteiger partial charge >= 0.3 is 0 Å². The number of hydrogen-bond donors (Lipinski definition) is 2. The van der Waals surface area contributed by atoms with E-state index in [1.165, 1.54) is 23.3 Å². The zero-order valence-electron chi connectivity index (χ0n) is 22.4. The van der Waals surface area contributed by atoms with Crippen molar-refractivity contribution in [2.24, 2.45) is 17.4 Å². The molecular formula is C27H45N7. The van der Waals surface area contributed by atoms with E-state index in [4.69, 9.17) is 21.4 Å². The summed E-state index contributed by atoms with van der Waals surface area (Å²) in [5.41, 5.74) is 19.8. The van der Waals surface area contributed by atoms with Crippen molar-refractivity contribution in [3.63, 3.8) is 0 Å². The van der Waals surface area contributed by atoms with Crippen molar-refractivity contribution in [2.45, 2.75) is 72.3 Å². The van der Waals surface area contributed by atoms with E-state index in [9.17, 15) is 0 Å². The highest BCUT2D eigenvalue weighted by molar-refractivity contribution is 5.44. The second-order valence-electron chi connectivity index (χ2n) is 10.5. The van der Waals surface area contributed by atoms with Crippen LogP contribution < -0.4 is 16.4 Å². The predicted molar refractivity (Wildman–Crippen MR) is 142 cm³/mol. The number of aryl methyl sites for hydroxylation is 2. The Morgan fingerprint density at radius 2 is 1.68 bits per heavy atom. The fourth-order valence-corrected chi connectivity index (χ4v) is 5.06. The Morgan fingerprint density at radius 3 is 2.12 bits per heavy atom. The van der Waals surface area contributed by atoms with Crippen molar-refractivity contribution < 1.29 is 0 Å². The third-order valence-electron chi connectivity index (χ3n) is 7.22. The summed E-state index contributed by atoms with van der Waals surface area (Å²) in [6.45, 7) is 10.6. The summed E-state index contributed by atoms with van der Waals surface area (Å²) in [7, 11) is 6.25. The van der Waals surface area contributed by atoms with E-state index < -0.39 is 0 Å². The molecule has 0 radical (unpaired) electrons. The van der Waals surface area contributed by atoms with Gasteiger partial charge in [0, 0.05) is 69.1 Å². The number of nitrogens with two attached hydrogens (primary N) is 2. The first kappa shape index (κ1) is 25.9. The molecule has 1 aromatic heterocycles. The lowest BCUT2D eigenvalue weighted by molar-refractivity contribution is 0.254. The molecule has 188 valence electrons. The van der Waals surface area contributed by atoms with Gasteiger partial charge in [0.1, 0.15) is 0 Å². The topological polar surface area (TPSA) is 87.5 Å². The fourth-order valence-electron chi connectivity index (χ4n) is 5.06. The molecule has 1 saturated heterocycles. The quantitative estimate of drug-likeness (QED) is 0.562. The molecule has 2 aliphatic rings. The first-order valence-corrected chi connectivity index (χ1v) is 12.7. The second kappa shape index (κ2) is 11.2. The molecule has 2 fully saturated rings. The molecule has 0 spiro atoms. The number of aromatic nitrogens is 2. The first-order chi connectivity index (χ1) is 16.1. The maximum absolute atomic E-state index is 6.58. The highest BCUT2D eigenvalue weighted by Crippen LogP contribution is 2.33. The maximum atomic E-state index is 6.58. The molecular weight excluding hydrogens is 422 g/mol. The number of hydrogen-bond acceptors (Lipinski definition) is 7. The van der Waals surface area contributed by atoms with Gasteiger partial charge in [0.25, 0.3) is 0 Å². The molecule has 2 heterocycles. The Bertz CT molecular complexity index is 921. The Morgan fingerprint density at radius 1 is 1.09 bits per heavy atom. The van der Waals surface area contributed by atoms with E-state index in [0.717, 1.165) is 73.9 Å². The van der Waals surface area contributed by atoms with Gasteiger partial charge in [0.15, 0.2) is 0 Å². The lowest BCUT2D eigenvalue weighted by atomic mass is 9.88. The van der Waals surface area contributed by atoms with Gasteiger partial charge in [0.05, 0.1) is 5.82 Å². The van der Waals surface area contributed by atoms with Crippen LogP contribution in [0.1, 0.15) is 62.9 Å². The number of anilines is 1. The van der Waals surface area contributed by atoms with Gasteiger partial charge in [-0.1, -0.05) is 13.8 Å². The molecule has 0 unspecified atom stereocenters.